The molecule has 34 heavy (non-hydrogen) atoms. The second kappa shape index (κ2) is 8.83. The van der Waals surface area contributed by atoms with E-state index >= 15 is 0 Å². The zero-order valence-electron chi connectivity index (χ0n) is 19.2. The minimum Gasteiger partial charge on any atom is -0.147 e. The number of aliphatic imine (C=N–C) groups is 1. The first-order valence-electron chi connectivity index (χ1n) is 10.9. The third-order valence-electron chi connectivity index (χ3n) is 6.46. The summed E-state index contributed by atoms with van der Waals surface area (Å²) in [5, 5.41) is 0. The predicted octanol–water partition coefficient (Wildman–Crippen LogP) is 4.12. The first kappa shape index (κ1) is 24.4. The fraction of sp³-hybridized carbons (Fsp3) is 0.269. The molecule has 1 aromatic heterocycles. The number of pyridine rings is 1. The predicted molar refractivity (Wildman–Crippen MR) is 136 cm³/mol. The van der Waals surface area contributed by atoms with E-state index in [0.29, 0.717) is 21.3 Å². The number of hydrogen-bond acceptors (Lipinski definition) is 4. The van der Waals surface area contributed by atoms with Crippen molar-refractivity contribution in [3.8, 4) is 16.9 Å². The maximum absolute atomic E-state index is 14.8. The first-order valence-corrected chi connectivity index (χ1v) is 12.1. The molecule has 3 heterocycles. The van der Waals surface area contributed by atoms with Crippen LogP contribution >= 0.6 is 12.4 Å². The zero-order valence-corrected chi connectivity index (χ0v) is 22.4. The van der Waals surface area contributed by atoms with Crippen molar-refractivity contribution in [3.05, 3.63) is 83.4 Å². The van der Waals surface area contributed by atoms with Gasteiger partial charge < -0.3 is 0 Å². The van der Waals surface area contributed by atoms with Gasteiger partial charge in [0, 0.05) is 0 Å². The SMILES string of the molecule is CN1C(=O)C(c2ccc3c(c2)CCC(C)(C)O3)(c2ccc(F)c(-c3cccnc3)c2)N=C1[AsH2].Cl. The van der Waals surface area contributed by atoms with E-state index in [4.69, 9.17) is 9.73 Å². The molecular formula is C26H26AsClFN3O2. The molecular weight excluding hydrogens is 516 g/mol. The average molecular weight is 542 g/mol. The minimum atomic E-state index is -1.27. The fourth-order valence-corrected chi connectivity index (χ4v) is 5.21. The Hall–Kier alpha value is -2.69. The Bertz CT molecular complexity index is 1300. The smallest absolute Gasteiger partial charge is 0.147 e. The van der Waals surface area contributed by atoms with E-state index in [9.17, 15) is 9.18 Å². The number of carbonyl (C=O) groups is 1. The number of hydrogen-bond donors (Lipinski definition) is 0. The Morgan fingerprint density at radius 3 is 2.53 bits per heavy atom. The molecule has 2 unspecified atom stereocenters. The zero-order chi connectivity index (χ0) is 23.4. The van der Waals surface area contributed by atoms with Gasteiger partial charge in [-0.1, -0.05) is 0 Å². The van der Waals surface area contributed by atoms with Crippen molar-refractivity contribution < 1.29 is 13.9 Å². The molecule has 0 fully saturated rings. The van der Waals surface area contributed by atoms with Crippen LogP contribution in [0, 0.1) is 5.82 Å². The number of benzene rings is 2. The van der Waals surface area contributed by atoms with E-state index in [2.05, 4.69) is 18.8 Å². The second-order valence-electron chi connectivity index (χ2n) is 9.17. The standard InChI is InChI=1S/C26H25AsFN3O2.ClH/c1-25(2)11-10-16-13-18(7-9-22(16)33-25)26(23(32)31(3)24(27)30-26)19-6-8-21(28)20(14-19)17-5-4-12-29-15-17;/h4-9,12-15H,10-11,27H2,1-3H3;1H. The van der Waals surface area contributed by atoms with Crippen LogP contribution in [-0.4, -0.2) is 49.9 Å². The van der Waals surface area contributed by atoms with Crippen molar-refractivity contribution in [2.45, 2.75) is 37.8 Å². The van der Waals surface area contributed by atoms with Gasteiger partial charge in [0.1, 0.15) is 0 Å². The molecule has 2 aromatic carbocycles. The van der Waals surface area contributed by atoms with Gasteiger partial charge in [-0.05, 0) is 0 Å². The number of fused-ring (bicyclic) bond motifs is 1. The van der Waals surface area contributed by atoms with Crippen LogP contribution in [0.3, 0.4) is 0 Å². The Labute approximate surface area is 213 Å². The molecule has 5 rings (SSSR count). The molecule has 3 aromatic rings. The molecule has 0 saturated heterocycles. The van der Waals surface area contributed by atoms with Crippen LogP contribution in [-0.2, 0) is 16.8 Å². The molecule has 5 nitrogen and oxygen atoms in total. The van der Waals surface area contributed by atoms with Crippen LogP contribution in [0.4, 0.5) is 4.39 Å². The van der Waals surface area contributed by atoms with Gasteiger partial charge in [0.05, 0.1) is 0 Å². The molecule has 0 saturated carbocycles. The molecule has 2 aliphatic heterocycles. The maximum atomic E-state index is 14.8. The number of ether oxygens (including phenoxy) is 1. The summed E-state index contributed by atoms with van der Waals surface area (Å²) in [5.41, 5.74) is 2.00. The van der Waals surface area contributed by atoms with Gasteiger partial charge in [-0.25, -0.2) is 0 Å². The Morgan fingerprint density at radius 2 is 1.85 bits per heavy atom. The van der Waals surface area contributed by atoms with Gasteiger partial charge in [-0.2, -0.15) is 0 Å². The number of amides is 1. The quantitative estimate of drug-likeness (QED) is 0.469. The van der Waals surface area contributed by atoms with E-state index in [-0.39, 0.29) is 29.7 Å². The monoisotopic (exact) mass is 541 g/mol. The second-order valence-corrected chi connectivity index (χ2v) is 10.2. The van der Waals surface area contributed by atoms with Crippen LogP contribution in [0.5, 0.6) is 5.75 Å². The molecule has 2 atom stereocenters. The molecule has 8 heteroatoms. The van der Waals surface area contributed by atoms with Gasteiger partial charge in [-0.15, -0.1) is 12.4 Å². The molecule has 1 amide bonds. The number of aryl methyl sites for hydroxylation is 1. The summed E-state index contributed by atoms with van der Waals surface area (Å²) in [6.45, 7) is 4.16. The minimum absolute atomic E-state index is 0. The number of aromatic nitrogens is 1. The van der Waals surface area contributed by atoms with Crippen LogP contribution in [0.25, 0.3) is 11.1 Å². The topological polar surface area (TPSA) is 54.8 Å². The van der Waals surface area contributed by atoms with Crippen molar-refractivity contribution in [2.75, 3.05) is 7.05 Å². The van der Waals surface area contributed by atoms with E-state index in [0.717, 1.165) is 29.7 Å². The summed E-state index contributed by atoms with van der Waals surface area (Å²) in [4.78, 5) is 24.3. The van der Waals surface area contributed by atoms with Crippen LogP contribution in [0.15, 0.2) is 65.9 Å². The Kier molecular flexibility index (Phi) is 6.34. The van der Waals surface area contributed by atoms with Crippen LogP contribution in [0.1, 0.15) is 37.0 Å². The Morgan fingerprint density at radius 1 is 1.12 bits per heavy atom. The van der Waals surface area contributed by atoms with Crippen molar-refractivity contribution in [3.63, 3.8) is 0 Å². The summed E-state index contributed by atoms with van der Waals surface area (Å²) in [7, 11) is 1.74. The molecule has 176 valence electrons. The van der Waals surface area contributed by atoms with Gasteiger partial charge in [0.15, 0.2) is 0 Å². The van der Waals surface area contributed by atoms with Crippen molar-refractivity contribution in [1.29, 1.82) is 0 Å². The number of nitrogens with zero attached hydrogens (tertiary/aromatic N) is 3. The van der Waals surface area contributed by atoms with Crippen molar-refractivity contribution in [2.24, 2.45) is 4.99 Å². The summed E-state index contributed by atoms with van der Waals surface area (Å²) < 4.78 is 21.7. The van der Waals surface area contributed by atoms with Crippen LogP contribution in [0.2, 0.25) is 0 Å². The van der Waals surface area contributed by atoms with Gasteiger partial charge >= 0.3 is 201 Å². The third kappa shape index (κ3) is 3.93. The molecule has 0 spiro atoms. The van der Waals surface area contributed by atoms with E-state index in [1.807, 2.05) is 18.2 Å². The summed E-state index contributed by atoms with van der Waals surface area (Å²) >= 11 is 1.28. The summed E-state index contributed by atoms with van der Waals surface area (Å²) in [6.07, 6.45) is 5.01. The number of halogens is 2. The fourth-order valence-electron chi connectivity index (χ4n) is 4.56. The molecule has 0 aliphatic carbocycles. The average Bonchev–Trinajstić information content (AvgIpc) is 3.04. The van der Waals surface area contributed by atoms with Gasteiger partial charge in [0.2, 0.25) is 0 Å². The maximum Gasteiger partial charge on any atom is -0.147 e. The summed E-state index contributed by atoms with van der Waals surface area (Å²) in [5.74, 6) is 0.318. The normalized spacial score (nSPS) is 20.8. The van der Waals surface area contributed by atoms with Crippen LogP contribution < -0.4 is 4.74 Å². The first-order chi connectivity index (χ1) is 15.7. The third-order valence-corrected chi connectivity index (χ3v) is 7.54. The molecule has 0 radical (unpaired) electrons. The Balaban J connectivity index is 0.00000274. The van der Waals surface area contributed by atoms with Gasteiger partial charge in [0.25, 0.3) is 0 Å². The van der Waals surface area contributed by atoms with E-state index in [1.54, 1.807) is 48.6 Å². The van der Waals surface area contributed by atoms with E-state index < -0.39 is 5.54 Å². The van der Waals surface area contributed by atoms with Gasteiger partial charge in [-0.3, -0.25) is 0 Å². The largest absolute Gasteiger partial charge is 0.147 e. The molecule has 0 bridgehead atoms. The number of carbonyl (C=O) groups excluding carboxylic acids is 1. The molecule has 2 aliphatic rings. The number of likely N-dealkylation sites (N-methyl/N-ethyl adjacent to an activating group) is 1. The summed E-state index contributed by atoms with van der Waals surface area (Å²) in [6, 6.07) is 14.2. The number of rotatable bonds is 3. The van der Waals surface area contributed by atoms with Crippen molar-refractivity contribution >= 4 is 39.8 Å². The number of amidine groups is 1. The molecule has 0 N–H and O–H groups in total. The van der Waals surface area contributed by atoms with Crippen molar-refractivity contribution in [1.82, 2.24) is 9.88 Å². The van der Waals surface area contributed by atoms with E-state index in [1.165, 1.54) is 22.9 Å².